The lowest BCUT2D eigenvalue weighted by Crippen LogP contribution is -2.46. The van der Waals surface area contributed by atoms with E-state index in [4.69, 9.17) is 0 Å². The molecule has 0 amide bonds. The molecule has 1 aromatic heterocycles. The van der Waals surface area contributed by atoms with Gasteiger partial charge in [0.25, 0.3) is 0 Å². The maximum atomic E-state index is 13.1. The van der Waals surface area contributed by atoms with Crippen molar-refractivity contribution in [2.75, 3.05) is 31.1 Å². The number of nitrogens with zero attached hydrogens (tertiary/aromatic N) is 5. The number of hydrogen-bond acceptors (Lipinski definition) is 5. The molecule has 8 heteroatoms. The molecule has 1 saturated heterocycles. The number of piperazine rings is 1. The number of hydrogen-bond donors (Lipinski definition) is 0. The normalized spacial score (nSPS) is 14.8. The van der Waals surface area contributed by atoms with E-state index in [1.54, 1.807) is 12.1 Å². The van der Waals surface area contributed by atoms with Crippen LogP contribution in [-0.4, -0.2) is 45.6 Å². The number of benzene rings is 2. The maximum absolute atomic E-state index is 13.1. The zero-order valence-corrected chi connectivity index (χ0v) is 16.9. The predicted octanol–water partition coefficient (Wildman–Crippen LogP) is 3.61. The number of imidazole rings is 1. The number of rotatable bonds is 6. The van der Waals surface area contributed by atoms with Crippen molar-refractivity contribution >= 4 is 11.6 Å². The first-order valence-electron chi connectivity index (χ1n) is 9.98. The van der Waals surface area contributed by atoms with Gasteiger partial charge >= 0.3 is 5.82 Å². The molecule has 1 aliphatic heterocycles. The van der Waals surface area contributed by atoms with Crippen LogP contribution in [0.3, 0.4) is 0 Å². The molecule has 156 valence electrons. The zero-order chi connectivity index (χ0) is 21.1. The van der Waals surface area contributed by atoms with Crippen LogP contribution in [0.5, 0.6) is 0 Å². The minimum Gasteiger partial charge on any atom is -0.358 e. The van der Waals surface area contributed by atoms with Gasteiger partial charge in [-0.05, 0) is 33.2 Å². The molecule has 1 fully saturated rings. The largest absolute Gasteiger partial charge is 0.406 e. The van der Waals surface area contributed by atoms with Crippen molar-refractivity contribution in [3.05, 3.63) is 87.5 Å². The van der Waals surface area contributed by atoms with E-state index < -0.39 is 4.92 Å². The Balaban J connectivity index is 1.52. The lowest BCUT2D eigenvalue weighted by atomic mass is 10.2. The highest BCUT2D eigenvalue weighted by atomic mass is 19.1. The van der Waals surface area contributed by atoms with Gasteiger partial charge in [0.2, 0.25) is 11.6 Å². The van der Waals surface area contributed by atoms with Gasteiger partial charge in [0.15, 0.2) is 0 Å². The summed E-state index contributed by atoms with van der Waals surface area (Å²) in [6.45, 7) is 5.96. The van der Waals surface area contributed by atoms with Crippen LogP contribution in [0.2, 0.25) is 0 Å². The minimum atomic E-state index is -0.394. The van der Waals surface area contributed by atoms with Gasteiger partial charge < -0.3 is 15.0 Å². The smallest absolute Gasteiger partial charge is 0.358 e. The molecule has 0 N–H and O–H groups in total. The average molecular weight is 409 g/mol. The van der Waals surface area contributed by atoms with E-state index in [1.807, 2.05) is 41.8 Å². The van der Waals surface area contributed by atoms with E-state index in [2.05, 4.69) is 14.8 Å². The van der Waals surface area contributed by atoms with Crippen molar-refractivity contribution in [2.45, 2.75) is 20.0 Å². The molecule has 1 aliphatic rings. The van der Waals surface area contributed by atoms with Crippen LogP contribution in [0, 0.1) is 22.9 Å². The van der Waals surface area contributed by atoms with Crippen molar-refractivity contribution in [3.8, 4) is 0 Å². The zero-order valence-electron chi connectivity index (χ0n) is 16.9. The van der Waals surface area contributed by atoms with Gasteiger partial charge in [-0.3, -0.25) is 9.47 Å². The molecule has 0 aliphatic carbocycles. The Morgan fingerprint density at radius 1 is 0.967 bits per heavy atom. The predicted molar refractivity (Wildman–Crippen MR) is 113 cm³/mol. The molecule has 0 saturated carbocycles. The van der Waals surface area contributed by atoms with E-state index in [0.717, 1.165) is 30.8 Å². The molecule has 7 nitrogen and oxygen atoms in total. The average Bonchev–Trinajstić information content (AvgIpc) is 3.07. The standard InChI is InChI=1S/C22H24FN5O2/c1-17-24-21(28(29)30)22(27(17)16-18-5-3-2-4-6-18)26-13-11-25(12-14-26)15-19-7-9-20(23)10-8-19/h2-10H,11-16H2,1H3. The second kappa shape index (κ2) is 8.62. The van der Waals surface area contributed by atoms with E-state index in [1.165, 1.54) is 12.1 Å². The number of nitro groups is 1. The Morgan fingerprint density at radius 2 is 1.60 bits per heavy atom. The van der Waals surface area contributed by atoms with Crippen LogP contribution in [-0.2, 0) is 13.1 Å². The van der Waals surface area contributed by atoms with Gasteiger partial charge in [0.1, 0.15) is 5.82 Å². The number of halogens is 1. The molecule has 0 bridgehead atoms. The van der Waals surface area contributed by atoms with Crippen molar-refractivity contribution in [3.63, 3.8) is 0 Å². The number of anilines is 1. The molecule has 4 rings (SSSR count). The van der Waals surface area contributed by atoms with E-state index in [-0.39, 0.29) is 11.6 Å². The third-order valence-electron chi connectivity index (χ3n) is 5.46. The van der Waals surface area contributed by atoms with Crippen LogP contribution in [0.1, 0.15) is 17.0 Å². The summed E-state index contributed by atoms with van der Waals surface area (Å²) < 4.78 is 15.1. The van der Waals surface area contributed by atoms with Crippen LogP contribution in [0.15, 0.2) is 54.6 Å². The van der Waals surface area contributed by atoms with Crippen molar-refractivity contribution < 1.29 is 9.31 Å². The Hall–Kier alpha value is -3.26. The number of aryl methyl sites for hydroxylation is 1. The molecule has 2 aromatic carbocycles. The van der Waals surface area contributed by atoms with E-state index in [0.29, 0.717) is 31.3 Å². The Kier molecular flexibility index (Phi) is 5.76. The third-order valence-corrected chi connectivity index (χ3v) is 5.46. The first-order chi connectivity index (χ1) is 14.5. The quantitative estimate of drug-likeness (QED) is 0.460. The molecule has 3 aromatic rings. The van der Waals surface area contributed by atoms with Gasteiger partial charge in [-0.15, -0.1) is 0 Å². The van der Waals surface area contributed by atoms with Gasteiger partial charge in [0.05, 0.1) is 6.54 Å². The van der Waals surface area contributed by atoms with E-state index >= 15 is 0 Å². The lowest BCUT2D eigenvalue weighted by molar-refractivity contribution is -0.388. The lowest BCUT2D eigenvalue weighted by Gasteiger charge is -2.35. The Labute approximate surface area is 174 Å². The first kappa shape index (κ1) is 20.0. The molecule has 0 atom stereocenters. The summed E-state index contributed by atoms with van der Waals surface area (Å²) in [5.41, 5.74) is 2.13. The summed E-state index contributed by atoms with van der Waals surface area (Å²) >= 11 is 0. The fraction of sp³-hybridized carbons (Fsp3) is 0.318. The van der Waals surface area contributed by atoms with E-state index in [9.17, 15) is 14.5 Å². The van der Waals surface area contributed by atoms with Crippen molar-refractivity contribution in [1.29, 1.82) is 0 Å². The van der Waals surface area contributed by atoms with Crippen LogP contribution < -0.4 is 4.90 Å². The fourth-order valence-electron chi connectivity index (χ4n) is 3.89. The summed E-state index contributed by atoms with van der Waals surface area (Å²) in [6, 6.07) is 16.4. The monoisotopic (exact) mass is 409 g/mol. The van der Waals surface area contributed by atoms with Gasteiger partial charge in [-0.2, -0.15) is 0 Å². The molecule has 0 radical (unpaired) electrons. The SMILES string of the molecule is Cc1nc([N+](=O)[O-])c(N2CCN(Cc3ccc(F)cc3)CC2)n1Cc1ccccc1. The molecular weight excluding hydrogens is 385 g/mol. The highest BCUT2D eigenvalue weighted by Gasteiger charge is 2.31. The molecule has 30 heavy (non-hydrogen) atoms. The topological polar surface area (TPSA) is 67.4 Å². The first-order valence-corrected chi connectivity index (χ1v) is 9.98. The summed E-state index contributed by atoms with van der Waals surface area (Å²) in [5, 5.41) is 11.7. The molecule has 0 spiro atoms. The summed E-state index contributed by atoms with van der Waals surface area (Å²) in [5.74, 6) is 0.880. The molecule has 0 unspecified atom stereocenters. The third kappa shape index (κ3) is 4.33. The molecule has 2 heterocycles. The Morgan fingerprint density at radius 3 is 2.23 bits per heavy atom. The highest BCUT2D eigenvalue weighted by Crippen LogP contribution is 2.31. The second-order valence-corrected chi connectivity index (χ2v) is 7.52. The summed E-state index contributed by atoms with van der Waals surface area (Å²) in [6.07, 6.45) is 0. The van der Waals surface area contributed by atoms with Crippen LogP contribution >= 0.6 is 0 Å². The molecular formula is C22H24FN5O2. The maximum Gasteiger partial charge on any atom is 0.406 e. The minimum absolute atomic E-state index is 0.0876. The second-order valence-electron chi connectivity index (χ2n) is 7.52. The summed E-state index contributed by atoms with van der Waals surface area (Å²) in [7, 11) is 0. The highest BCUT2D eigenvalue weighted by molar-refractivity contribution is 5.57. The number of aromatic nitrogens is 2. The van der Waals surface area contributed by atoms with Gasteiger partial charge in [0, 0.05) is 39.6 Å². The fourth-order valence-corrected chi connectivity index (χ4v) is 3.89. The van der Waals surface area contributed by atoms with Crippen LogP contribution in [0.25, 0.3) is 0 Å². The van der Waals surface area contributed by atoms with Crippen molar-refractivity contribution in [2.24, 2.45) is 0 Å². The van der Waals surface area contributed by atoms with Crippen molar-refractivity contribution in [1.82, 2.24) is 14.5 Å². The van der Waals surface area contributed by atoms with Crippen LogP contribution in [0.4, 0.5) is 16.0 Å². The van der Waals surface area contributed by atoms with Gasteiger partial charge in [-0.1, -0.05) is 42.5 Å². The Bertz CT molecular complexity index is 1010. The van der Waals surface area contributed by atoms with Gasteiger partial charge in [-0.25, -0.2) is 4.39 Å². The summed E-state index contributed by atoms with van der Waals surface area (Å²) in [4.78, 5) is 19.9.